The van der Waals surface area contributed by atoms with Crippen LogP contribution in [0.25, 0.3) is 0 Å². The first-order chi connectivity index (χ1) is 12.2. The highest BCUT2D eigenvalue weighted by Crippen LogP contribution is 2.19. The highest BCUT2D eigenvalue weighted by molar-refractivity contribution is 5.82. The molecule has 3 rings (SSSR count). The Kier molecular flexibility index (Phi) is 5.45. The van der Waals surface area contributed by atoms with Crippen molar-refractivity contribution in [1.29, 1.82) is 0 Å². The molecule has 7 heteroatoms. The van der Waals surface area contributed by atoms with Crippen molar-refractivity contribution < 1.29 is 9.53 Å². The molecule has 2 unspecified atom stereocenters. The van der Waals surface area contributed by atoms with Crippen LogP contribution >= 0.6 is 0 Å². The van der Waals surface area contributed by atoms with E-state index < -0.39 is 6.10 Å². The molecule has 0 saturated carbocycles. The van der Waals surface area contributed by atoms with Gasteiger partial charge in [-0.2, -0.15) is 0 Å². The largest absolute Gasteiger partial charge is 0.367 e. The quantitative estimate of drug-likeness (QED) is 0.854. The summed E-state index contributed by atoms with van der Waals surface area (Å²) < 4.78 is 5.38. The number of carbonyl (C=O) groups is 1. The van der Waals surface area contributed by atoms with Crippen molar-refractivity contribution in [3.8, 4) is 0 Å². The molecule has 0 aliphatic carbocycles. The summed E-state index contributed by atoms with van der Waals surface area (Å²) >= 11 is 0. The van der Waals surface area contributed by atoms with E-state index in [1.807, 2.05) is 35.2 Å². The first-order valence-corrected chi connectivity index (χ1v) is 8.36. The molecule has 2 N–H and O–H groups in total. The number of methoxy groups -OCH3 is 1. The Hall–Kier alpha value is -2.67. The van der Waals surface area contributed by atoms with Crippen molar-refractivity contribution in [3.05, 3.63) is 58.6 Å². The number of hydrogen-bond donors (Lipinski definition) is 2. The number of H-pyrrole nitrogens is 1. The van der Waals surface area contributed by atoms with E-state index in [1.165, 1.54) is 13.3 Å². The van der Waals surface area contributed by atoms with Crippen LogP contribution in [0.15, 0.2) is 47.5 Å². The lowest BCUT2D eigenvalue weighted by molar-refractivity contribution is -0.132. The monoisotopic (exact) mass is 342 g/mol. The number of carbonyl (C=O) groups excluding carboxylic acids is 1. The second-order valence-corrected chi connectivity index (χ2v) is 6.06. The molecule has 0 bridgehead atoms. The summed E-state index contributed by atoms with van der Waals surface area (Å²) in [6.45, 7) is 1.30. The molecule has 2 aromatic rings. The number of nitrogens with one attached hydrogen (secondary N) is 2. The Morgan fingerprint density at radius 3 is 2.92 bits per heavy atom. The van der Waals surface area contributed by atoms with Crippen molar-refractivity contribution in [2.45, 2.75) is 25.0 Å². The molecule has 132 valence electrons. The van der Waals surface area contributed by atoms with Gasteiger partial charge in [0.25, 0.3) is 11.5 Å². The fraction of sp³-hybridized carbons (Fsp3) is 0.389. The van der Waals surface area contributed by atoms with Crippen LogP contribution in [0.1, 0.15) is 24.5 Å². The van der Waals surface area contributed by atoms with Gasteiger partial charge in [0.1, 0.15) is 0 Å². The fourth-order valence-electron chi connectivity index (χ4n) is 3.16. The van der Waals surface area contributed by atoms with Crippen molar-refractivity contribution in [2.75, 3.05) is 25.1 Å². The number of aromatic amines is 1. The van der Waals surface area contributed by atoms with Gasteiger partial charge in [-0.1, -0.05) is 30.3 Å². The average molecular weight is 342 g/mol. The third kappa shape index (κ3) is 4.06. The lowest BCUT2D eigenvalue weighted by atomic mass is 10.0. The van der Waals surface area contributed by atoms with E-state index in [0.29, 0.717) is 12.4 Å². The van der Waals surface area contributed by atoms with E-state index in [4.69, 9.17) is 4.74 Å². The zero-order valence-electron chi connectivity index (χ0n) is 14.1. The third-order valence-electron chi connectivity index (χ3n) is 4.33. The maximum atomic E-state index is 12.6. The molecule has 0 spiro atoms. The van der Waals surface area contributed by atoms with Gasteiger partial charge in [0.15, 0.2) is 11.9 Å². The van der Waals surface area contributed by atoms with E-state index in [2.05, 4.69) is 15.3 Å². The van der Waals surface area contributed by atoms with Crippen LogP contribution in [0.5, 0.6) is 0 Å². The summed E-state index contributed by atoms with van der Waals surface area (Å²) in [5, 5.41) is 3.04. The van der Waals surface area contributed by atoms with Crippen LogP contribution < -0.4 is 15.8 Å². The number of aromatic nitrogens is 2. The first-order valence-electron chi connectivity index (χ1n) is 8.36. The predicted molar refractivity (Wildman–Crippen MR) is 94.4 cm³/mol. The highest BCUT2D eigenvalue weighted by atomic mass is 16.5. The van der Waals surface area contributed by atoms with Gasteiger partial charge in [-0.25, -0.2) is 4.98 Å². The van der Waals surface area contributed by atoms with Crippen LogP contribution in [0.4, 0.5) is 5.82 Å². The minimum Gasteiger partial charge on any atom is -0.367 e. The van der Waals surface area contributed by atoms with E-state index in [9.17, 15) is 9.59 Å². The van der Waals surface area contributed by atoms with Gasteiger partial charge in [-0.15, -0.1) is 0 Å². The zero-order chi connectivity index (χ0) is 17.6. The molecule has 7 nitrogen and oxygen atoms in total. The van der Waals surface area contributed by atoms with Crippen molar-refractivity contribution in [2.24, 2.45) is 0 Å². The van der Waals surface area contributed by atoms with Gasteiger partial charge in [-0.3, -0.25) is 9.59 Å². The summed E-state index contributed by atoms with van der Waals surface area (Å²) in [6, 6.07) is 9.35. The number of nitrogens with zero attached hydrogens (tertiary/aromatic N) is 2. The maximum Gasteiger partial charge on any atom is 0.290 e. The highest BCUT2D eigenvalue weighted by Gasteiger charge is 2.27. The summed E-state index contributed by atoms with van der Waals surface area (Å²) in [7, 11) is 1.53. The molecule has 2 heterocycles. The molecule has 1 aliphatic heterocycles. The fourth-order valence-corrected chi connectivity index (χ4v) is 3.16. The van der Waals surface area contributed by atoms with Crippen molar-refractivity contribution >= 4 is 11.7 Å². The Balaban J connectivity index is 1.67. The molecule has 1 aromatic heterocycles. The number of ether oxygens (including phenoxy) is 1. The van der Waals surface area contributed by atoms with Crippen molar-refractivity contribution in [3.63, 3.8) is 0 Å². The first kappa shape index (κ1) is 17.2. The van der Waals surface area contributed by atoms with E-state index in [-0.39, 0.29) is 17.5 Å². The number of rotatable bonds is 5. The topological polar surface area (TPSA) is 87.3 Å². The second-order valence-electron chi connectivity index (χ2n) is 6.06. The van der Waals surface area contributed by atoms with Gasteiger partial charge in [0.2, 0.25) is 0 Å². The predicted octanol–water partition coefficient (Wildman–Crippen LogP) is 1.24. The lowest BCUT2D eigenvalue weighted by Gasteiger charge is -2.34. The van der Waals surface area contributed by atoms with E-state index >= 15 is 0 Å². The molecule has 0 radical (unpaired) electrons. The molecule has 1 fully saturated rings. The van der Waals surface area contributed by atoms with E-state index in [0.717, 1.165) is 24.9 Å². The van der Waals surface area contributed by atoms with Crippen LogP contribution in [0, 0.1) is 0 Å². The van der Waals surface area contributed by atoms with Crippen LogP contribution in [0.3, 0.4) is 0 Å². The summed E-state index contributed by atoms with van der Waals surface area (Å²) in [5.41, 5.74) is 0.602. The SMILES string of the molecule is COC(C(=O)NC1CCCN(c2ncc[nH]c2=O)C1)c1ccccc1. The lowest BCUT2D eigenvalue weighted by Crippen LogP contribution is -2.50. The minimum atomic E-state index is -0.644. The summed E-state index contributed by atoms with van der Waals surface area (Å²) in [5.74, 6) is 0.225. The van der Waals surface area contributed by atoms with Gasteiger partial charge in [0.05, 0.1) is 0 Å². The Bertz CT molecular complexity index is 762. The number of piperidine rings is 1. The van der Waals surface area contributed by atoms with Crippen LogP contribution in [-0.4, -0.2) is 42.1 Å². The van der Waals surface area contributed by atoms with Crippen LogP contribution in [-0.2, 0) is 9.53 Å². The Labute approximate surface area is 146 Å². The molecule has 1 aliphatic rings. The standard InChI is InChI=1S/C18H22N4O3/c1-25-15(13-6-3-2-4-7-13)17(23)21-14-8-5-11-22(12-14)16-18(24)20-10-9-19-16/h2-4,6-7,9-10,14-15H,5,8,11-12H2,1H3,(H,20,24)(H,21,23). The van der Waals surface area contributed by atoms with Gasteiger partial charge in [0, 0.05) is 38.6 Å². The normalized spacial score (nSPS) is 18.6. The summed E-state index contributed by atoms with van der Waals surface area (Å²) in [6.07, 6.45) is 4.17. The van der Waals surface area contributed by atoms with Gasteiger partial charge in [-0.05, 0) is 18.4 Å². The molecule has 25 heavy (non-hydrogen) atoms. The molecule has 2 atom stereocenters. The minimum absolute atomic E-state index is 0.0518. The van der Waals surface area contributed by atoms with Gasteiger partial charge < -0.3 is 19.9 Å². The van der Waals surface area contributed by atoms with Gasteiger partial charge >= 0.3 is 0 Å². The average Bonchev–Trinajstić information content (AvgIpc) is 2.64. The molecular formula is C18H22N4O3. The molecular weight excluding hydrogens is 320 g/mol. The van der Waals surface area contributed by atoms with Crippen molar-refractivity contribution in [1.82, 2.24) is 15.3 Å². The van der Waals surface area contributed by atoms with Crippen LogP contribution in [0.2, 0.25) is 0 Å². The zero-order valence-corrected chi connectivity index (χ0v) is 14.1. The Morgan fingerprint density at radius 2 is 2.20 bits per heavy atom. The summed E-state index contributed by atoms with van der Waals surface area (Å²) in [4.78, 5) is 33.2. The smallest absolute Gasteiger partial charge is 0.290 e. The maximum absolute atomic E-state index is 12.6. The van der Waals surface area contributed by atoms with E-state index in [1.54, 1.807) is 6.20 Å². The Morgan fingerprint density at radius 1 is 1.40 bits per heavy atom. The molecule has 1 aromatic carbocycles. The number of benzene rings is 1. The number of anilines is 1. The number of hydrogen-bond acceptors (Lipinski definition) is 5. The number of amides is 1. The second kappa shape index (κ2) is 7.94. The molecule has 1 amide bonds. The third-order valence-corrected chi connectivity index (χ3v) is 4.33. The molecule has 1 saturated heterocycles.